The van der Waals surface area contributed by atoms with E-state index in [2.05, 4.69) is 0 Å². The molecule has 0 atom stereocenters. The monoisotopic (exact) mass is 76.0 g/mol. The van der Waals surface area contributed by atoms with Gasteiger partial charge in [-0.2, -0.15) is 0 Å². The Morgan fingerprint density at radius 3 is 2.25 bits per heavy atom. The number of carbonyl (C=O) groups excluding carboxylic acids is 1. The summed E-state index contributed by atoms with van der Waals surface area (Å²) in [7, 11) is -0.307. The topological polar surface area (TPSA) is 37.3 Å². The van der Waals surface area contributed by atoms with E-state index in [0.29, 0.717) is 0 Å². The second-order valence-electron chi connectivity index (χ2n) is 0.191. The normalized spacial score (nSPS) is 6.25. The Bertz CT molecular complexity index is 44.0. The van der Waals surface area contributed by atoms with E-state index in [0.717, 1.165) is 0 Å². The summed E-state index contributed by atoms with van der Waals surface area (Å²) in [4.78, 5) is 16.2. The van der Waals surface area contributed by atoms with Crippen molar-refractivity contribution in [2.75, 3.05) is 0 Å². The van der Waals surface area contributed by atoms with Gasteiger partial charge in [-0.3, -0.25) is 0 Å². The molecule has 1 N–H and O–H groups in total. The number of hydrogen-bond donors (Lipinski definition) is 1. The lowest BCUT2D eigenvalue weighted by molar-refractivity contribution is 0.568. The molecular weight excluding hydrogens is 75.0 g/mol. The average Bonchev–Trinajstić information content (AvgIpc) is 1.37. The van der Waals surface area contributed by atoms with Crippen LogP contribution in [0, 0.1) is 0 Å². The van der Waals surface area contributed by atoms with Gasteiger partial charge < -0.3 is 4.89 Å². The van der Waals surface area contributed by atoms with Crippen LogP contribution in [0.25, 0.3) is 0 Å². The summed E-state index contributed by atoms with van der Waals surface area (Å²) in [6.45, 7) is 0. The molecule has 0 saturated carbocycles. The predicted octanol–water partition coefficient (Wildman–Crippen LogP) is -0.0929. The van der Waals surface area contributed by atoms with E-state index < -0.39 is 0 Å². The van der Waals surface area contributed by atoms with Crippen LogP contribution in [-0.2, 0) is 4.79 Å². The second-order valence-corrected chi connectivity index (χ2v) is 0.574. The molecule has 22 valence electrons. The van der Waals surface area contributed by atoms with Gasteiger partial charge >= 0.3 is 0 Å². The van der Waals surface area contributed by atoms with Gasteiger partial charge in [0.15, 0.2) is 14.1 Å². The minimum Gasteiger partial charge on any atom is -0.333 e. The van der Waals surface area contributed by atoms with Crippen LogP contribution in [0.4, 0.5) is 0 Å². The Morgan fingerprint density at radius 1 is 2.00 bits per heavy atom. The van der Waals surface area contributed by atoms with Crippen LogP contribution < -0.4 is 0 Å². The first-order valence-corrected chi connectivity index (χ1v) is 1.47. The van der Waals surface area contributed by atoms with Crippen LogP contribution in [0.1, 0.15) is 0 Å². The Kier molecular flexibility index (Phi) is 2.73. The van der Waals surface area contributed by atoms with Crippen molar-refractivity contribution in [1.29, 1.82) is 0 Å². The standard InChI is InChI=1S/CHO2P/c2-1-4-3/h3H. The molecule has 0 radical (unpaired) electrons. The van der Waals surface area contributed by atoms with E-state index in [-0.39, 0.29) is 8.43 Å². The molecule has 3 heteroatoms. The fraction of sp³-hybridized carbons (Fsp3) is 0. The Labute approximate surface area is 25.0 Å². The summed E-state index contributed by atoms with van der Waals surface area (Å²) in [5, 5.41) is 0. The van der Waals surface area contributed by atoms with Gasteiger partial charge in [0, 0.05) is 0 Å². The van der Waals surface area contributed by atoms with Crippen LogP contribution in [0.2, 0.25) is 0 Å². The van der Waals surface area contributed by atoms with Gasteiger partial charge in [0.05, 0.1) is 0 Å². The zero-order valence-corrected chi connectivity index (χ0v) is 2.70. The van der Waals surface area contributed by atoms with Crippen LogP contribution >= 0.6 is 8.43 Å². The third kappa shape index (κ3) is 1.84. The largest absolute Gasteiger partial charge is 0.333 e. The molecule has 0 amide bonds. The van der Waals surface area contributed by atoms with E-state index in [1.165, 1.54) is 5.66 Å². The molecule has 0 aromatic rings. The van der Waals surface area contributed by atoms with Crippen molar-refractivity contribution < 1.29 is 9.69 Å². The van der Waals surface area contributed by atoms with Crippen molar-refractivity contribution in [3.8, 4) is 0 Å². The second kappa shape index (κ2) is 2.84. The van der Waals surface area contributed by atoms with Crippen molar-refractivity contribution in [3.63, 3.8) is 0 Å². The lowest BCUT2D eigenvalue weighted by Gasteiger charge is -1.33. The maximum Gasteiger partial charge on any atom is 0.181 e. The highest BCUT2D eigenvalue weighted by molar-refractivity contribution is 7.30. The minimum absolute atomic E-state index is 0.307. The molecule has 0 fully saturated rings. The fourth-order valence-corrected chi connectivity index (χ4v) is 0. The molecule has 0 spiro atoms. The van der Waals surface area contributed by atoms with E-state index in [4.69, 9.17) is 9.69 Å². The van der Waals surface area contributed by atoms with Gasteiger partial charge in [0.2, 0.25) is 0 Å². The Hall–Kier alpha value is -0.160. The third-order valence-electron chi connectivity index (χ3n) is 0.0408. The third-order valence-corrected chi connectivity index (χ3v) is 0.122. The molecule has 0 heterocycles. The van der Waals surface area contributed by atoms with Gasteiger partial charge in [0.25, 0.3) is 0 Å². The summed E-state index contributed by atoms with van der Waals surface area (Å²) < 4.78 is 0. The predicted molar refractivity (Wildman–Crippen MR) is 14.8 cm³/mol. The molecule has 0 saturated heterocycles. The van der Waals surface area contributed by atoms with Gasteiger partial charge in [0.1, 0.15) is 0 Å². The Balaban J connectivity index is 3.11. The SMILES string of the molecule is O=C=PO. The minimum atomic E-state index is -0.307. The molecule has 0 unspecified atom stereocenters. The first-order chi connectivity index (χ1) is 1.91. The molecule has 0 bridgehead atoms. The van der Waals surface area contributed by atoms with Gasteiger partial charge in [-0.1, -0.05) is 0 Å². The first kappa shape index (κ1) is 3.84. The zero-order valence-electron chi connectivity index (χ0n) is 1.80. The van der Waals surface area contributed by atoms with E-state index in [9.17, 15) is 0 Å². The summed E-state index contributed by atoms with van der Waals surface area (Å²) in [6, 6.07) is 0. The zero-order chi connectivity index (χ0) is 3.41. The molecule has 4 heavy (non-hydrogen) atoms. The highest BCUT2D eigenvalue weighted by Gasteiger charge is 1.34. The van der Waals surface area contributed by atoms with E-state index >= 15 is 0 Å². The molecule has 0 aliphatic rings. The maximum atomic E-state index is 8.79. The highest BCUT2D eigenvalue weighted by atomic mass is 31.1. The van der Waals surface area contributed by atoms with Crippen LogP contribution in [-0.4, -0.2) is 10.6 Å². The quantitative estimate of drug-likeness (QED) is 0.409. The molecule has 0 aliphatic heterocycles. The summed E-state index contributed by atoms with van der Waals surface area (Å²) >= 11 is 0. The van der Waals surface area contributed by atoms with Crippen molar-refractivity contribution >= 4 is 14.1 Å². The van der Waals surface area contributed by atoms with Crippen LogP contribution in [0.5, 0.6) is 0 Å². The van der Waals surface area contributed by atoms with Crippen LogP contribution in [0.15, 0.2) is 0 Å². The fourth-order valence-electron chi connectivity index (χ4n) is 0. The molecule has 0 aromatic heterocycles. The highest BCUT2D eigenvalue weighted by Crippen LogP contribution is 1.67. The van der Waals surface area contributed by atoms with E-state index in [1.807, 2.05) is 0 Å². The van der Waals surface area contributed by atoms with Crippen molar-refractivity contribution in [1.82, 2.24) is 0 Å². The lowest BCUT2D eigenvalue weighted by Crippen LogP contribution is -1.22. The summed E-state index contributed by atoms with van der Waals surface area (Å²) in [5.74, 6) is 0. The molecule has 0 aliphatic carbocycles. The molecule has 2 nitrogen and oxygen atoms in total. The smallest absolute Gasteiger partial charge is 0.181 e. The number of rotatable bonds is 0. The van der Waals surface area contributed by atoms with Crippen molar-refractivity contribution in [2.24, 2.45) is 0 Å². The Morgan fingerprint density at radius 2 is 2.25 bits per heavy atom. The maximum absolute atomic E-state index is 8.79. The van der Waals surface area contributed by atoms with E-state index in [1.54, 1.807) is 0 Å². The summed E-state index contributed by atoms with van der Waals surface area (Å²) in [5.41, 5.74) is 1.21. The van der Waals surface area contributed by atoms with Gasteiger partial charge in [-0.05, 0) is 0 Å². The molecule has 0 rings (SSSR count). The first-order valence-electron chi connectivity index (χ1n) is 0.628. The summed E-state index contributed by atoms with van der Waals surface area (Å²) in [6.07, 6.45) is 0. The van der Waals surface area contributed by atoms with Crippen LogP contribution in [0.3, 0.4) is 0 Å². The molecule has 0 aromatic carbocycles. The van der Waals surface area contributed by atoms with Crippen molar-refractivity contribution in [3.05, 3.63) is 0 Å². The average molecular weight is 76.0 g/mol. The molecular formula is CHO2P. The number of hydrogen-bond acceptors (Lipinski definition) is 2. The van der Waals surface area contributed by atoms with Gasteiger partial charge in [-0.25, -0.2) is 4.79 Å². The van der Waals surface area contributed by atoms with Gasteiger partial charge in [-0.15, -0.1) is 0 Å². The van der Waals surface area contributed by atoms with Crippen molar-refractivity contribution in [2.45, 2.75) is 0 Å². The lowest BCUT2D eigenvalue weighted by atomic mass is 11.9.